The second-order valence-corrected chi connectivity index (χ2v) is 5.03. The van der Waals surface area contributed by atoms with E-state index < -0.39 is 17.7 Å². The number of benzene rings is 2. The summed E-state index contributed by atoms with van der Waals surface area (Å²) in [6.45, 7) is 0. The number of fused-ring (bicyclic) bond motifs is 1. The SMILES string of the molecule is O=C(O)c1ccccc1Nc1ccnc2c(C(F)(F)F)cccc12. The number of pyridine rings is 1. The van der Waals surface area contributed by atoms with E-state index in [1.165, 1.54) is 30.5 Å². The van der Waals surface area contributed by atoms with E-state index in [4.69, 9.17) is 0 Å². The molecule has 0 radical (unpaired) electrons. The number of nitrogens with zero attached hydrogens (tertiary/aromatic N) is 1. The van der Waals surface area contributed by atoms with Gasteiger partial charge in [-0.15, -0.1) is 0 Å². The molecule has 0 saturated heterocycles. The topological polar surface area (TPSA) is 62.2 Å². The number of aromatic nitrogens is 1. The molecule has 0 aliphatic carbocycles. The minimum Gasteiger partial charge on any atom is -0.478 e. The summed E-state index contributed by atoms with van der Waals surface area (Å²) >= 11 is 0. The third-order valence-electron chi connectivity index (χ3n) is 3.50. The van der Waals surface area contributed by atoms with Crippen LogP contribution in [0.1, 0.15) is 15.9 Å². The fourth-order valence-electron chi connectivity index (χ4n) is 2.44. The lowest BCUT2D eigenvalue weighted by Crippen LogP contribution is -2.07. The van der Waals surface area contributed by atoms with Crippen LogP contribution in [0.4, 0.5) is 24.5 Å². The Hall–Kier alpha value is -3.09. The van der Waals surface area contributed by atoms with Gasteiger partial charge in [0.25, 0.3) is 0 Å². The summed E-state index contributed by atoms with van der Waals surface area (Å²) in [5.74, 6) is -1.13. The molecule has 24 heavy (non-hydrogen) atoms. The molecule has 0 aliphatic heterocycles. The van der Waals surface area contributed by atoms with Crippen molar-refractivity contribution in [2.75, 3.05) is 5.32 Å². The Morgan fingerprint density at radius 1 is 1.00 bits per heavy atom. The number of nitrogens with one attached hydrogen (secondary N) is 1. The van der Waals surface area contributed by atoms with Crippen LogP contribution in [0.2, 0.25) is 0 Å². The Labute approximate surface area is 134 Å². The van der Waals surface area contributed by atoms with E-state index in [1.54, 1.807) is 18.2 Å². The first-order chi connectivity index (χ1) is 11.4. The number of rotatable bonds is 3. The zero-order valence-electron chi connectivity index (χ0n) is 12.1. The summed E-state index contributed by atoms with van der Waals surface area (Å²) in [6.07, 6.45) is -3.27. The molecule has 4 nitrogen and oxygen atoms in total. The van der Waals surface area contributed by atoms with Gasteiger partial charge in [-0.05, 0) is 24.3 Å². The highest BCUT2D eigenvalue weighted by atomic mass is 19.4. The minimum atomic E-state index is -4.52. The van der Waals surface area contributed by atoms with Crippen LogP contribution in [0.3, 0.4) is 0 Å². The van der Waals surface area contributed by atoms with Gasteiger partial charge in [-0.3, -0.25) is 4.98 Å². The summed E-state index contributed by atoms with van der Waals surface area (Å²) in [5.41, 5.74) is -0.373. The number of carbonyl (C=O) groups is 1. The van der Waals surface area contributed by atoms with Crippen molar-refractivity contribution in [3.05, 3.63) is 65.9 Å². The molecule has 3 rings (SSSR count). The van der Waals surface area contributed by atoms with Crippen molar-refractivity contribution < 1.29 is 23.1 Å². The summed E-state index contributed by atoms with van der Waals surface area (Å²) < 4.78 is 39.3. The molecule has 0 atom stereocenters. The second-order valence-electron chi connectivity index (χ2n) is 5.03. The van der Waals surface area contributed by atoms with E-state index in [-0.39, 0.29) is 22.2 Å². The van der Waals surface area contributed by atoms with Gasteiger partial charge in [0.15, 0.2) is 0 Å². The van der Waals surface area contributed by atoms with Crippen LogP contribution in [0.15, 0.2) is 54.7 Å². The van der Waals surface area contributed by atoms with Crippen LogP contribution < -0.4 is 5.32 Å². The van der Waals surface area contributed by atoms with Gasteiger partial charge >= 0.3 is 12.1 Å². The molecule has 0 aliphatic rings. The second kappa shape index (κ2) is 5.84. The predicted octanol–water partition coefficient (Wildman–Crippen LogP) is 4.70. The largest absolute Gasteiger partial charge is 0.478 e. The Bertz CT molecular complexity index is 923. The molecule has 0 spiro atoms. The lowest BCUT2D eigenvalue weighted by molar-refractivity contribution is -0.136. The molecule has 0 amide bonds. The van der Waals surface area contributed by atoms with E-state index in [0.717, 1.165) is 6.07 Å². The molecule has 2 N–H and O–H groups in total. The van der Waals surface area contributed by atoms with Crippen molar-refractivity contribution in [1.29, 1.82) is 0 Å². The average Bonchev–Trinajstić information content (AvgIpc) is 2.54. The maximum atomic E-state index is 13.1. The molecule has 2 aromatic carbocycles. The maximum absolute atomic E-state index is 13.1. The lowest BCUT2D eigenvalue weighted by Gasteiger charge is -2.14. The van der Waals surface area contributed by atoms with E-state index >= 15 is 0 Å². The van der Waals surface area contributed by atoms with E-state index in [1.807, 2.05) is 0 Å². The van der Waals surface area contributed by atoms with Gasteiger partial charge in [-0.25, -0.2) is 4.79 Å². The van der Waals surface area contributed by atoms with Crippen LogP contribution in [-0.4, -0.2) is 16.1 Å². The van der Waals surface area contributed by atoms with Crippen LogP contribution in [0, 0.1) is 0 Å². The predicted molar refractivity (Wildman–Crippen MR) is 83.4 cm³/mol. The summed E-state index contributed by atoms with van der Waals surface area (Å²) in [7, 11) is 0. The average molecular weight is 332 g/mol. The van der Waals surface area contributed by atoms with Crippen LogP contribution in [0.5, 0.6) is 0 Å². The number of aromatic carboxylic acids is 1. The van der Waals surface area contributed by atoms with Crippen molar-refractivity contribution in [3.8, 4) is 0 Å². The third kappa shape index (κ3) is 2.88. The summed E-state index contributed by atoms with van der Waals surface area (Å²) in [6, 6.07) is 11.4. The number of alkyl halides is 3. The van der Waals surface area contributed by atoms with Gasteiger partial charge < -0.3 is 10.4 Å². The monoisotopic (exact) mass is 332 g/mol. The molecule has 1 heterocycles. The first kappa shape index (κ1) is 15.8. The Morgan fingerprint density at radius 2 is 1.75 bits per heavy atom. The number of carboxylic acids is 1. The fourth-order valence-corrected chi connectivity index (χ4v) is 2.44. The van der Waals surface area contributed by atoms with Gasteiger partial charge in [-0.2, -0.15) is 13.2 Å². The highest BCUT2D eigenvalue weighted by Crippen LogP contribution is 2.36. The van der Waals surface area contributed by atoms with Crippen molar-refractivity contribution >= 4 is 28.2 Å². The molecule has 0 fully saturated rings. The van der Waals surface area contributed by atoms with Crippen molar-refractivity contribution in [2.45, 2.75) is 6.18 Å². The van der Waals surface area contributed by atoms with Gasteiger partial charge in [0.1, 0.15) is 0 Å². The zero-order chi connectivity index (χ0) is 17.3. The van der Waals surface area contributed by atoms with Crippen molar-refractivity contribution in [1.82, 2.24) is 4.98 Å². The highest BCUT2D eigenvalue weighted by Gasteiger charge is 2.33. The molecule has 0 saturated carbocycles. The van der Waals surface area contributed by atoms with Crippen LogP contribution in [-0.2, 0) is 6.18 Å². The van der Waals surface area contributed by atoms with Crippen LogP contribution >= 0.6 is 0 Å². The standard InChI is InChI=1S/C17H11F3N2O2/c18-17(19,20)12-6-3-5-10-14(8-9-21-15(10)12)22-13-7-2-1-4-11(13)16(23)24/h1-9H,(H,21,22)(H,23,24). The van der Waals surface area contributed by atoms with E-state index in [9.17, 15) is 23.1 Å². The van der Waals surface area contributed by atoms with E-state index in [2.05, 4.69) is 10.3 Å². The minimum absolute atomic E-state index is 0.0226. The highest BCUT2D eigenvalue weighted by molar-refractivity contribution is 5.99. The van der Waals surface area contributed by atoms with Gasteiger partial charge in [0.05, 0.1) is 22.3 Å². The number of hydrogen-bond donors (Lipinski definition) is 2. The molecular weight excluding hydrogens is 321 g/mol. The number of anilines is 2. The summed E-state index contributed by atoms with van der Waals surface area (Å²) in [5, 5.41) is 12.4. The quantitative estimate of drug-likeness (QED) is 0.730. The molecule has 0 bridgehead atoms. The lowest BCUT2D eigenvalue weighted by atomic mass is 10.1. The molecule has 7 heteroatoms. The Kier molecular flexibility index (Phi) is 3.84. The maximum Gasteiger partial charge on any atom is 0.418 e. The third-order valence-corrected chi connectivity index (χ3v) is 3.50. The first-order valence-corrected chi connectivity index (χ1v) is 6.92. The van der Waals surface area contributed by atoms with Gasteiger partial charge in [-0.1, -0.05) is 24.3 Å². The van der Waals surface area contributed by atoms with Gasteiger partial charge in [0.2, 0.25) is 0 Å². The summed E-state index contributed by atoms with van der Waals surface area (Å²) in [4.78, 5) is 15.1. The number of para-hydroxylation sites is 2. The molecular formula is C17H11F3N2O2. The first-order valence-electron chi connectivity index (χ1n) is 6.92. The molecule has 3 aromatic rings. The van der Waals surface area contributed by atoms with Crippen molar-refractivity contribution in [3.63, 3.8) is 0 Å². The molecule has 0 unspecified atom stereocenters. The van der Waals surface area contributed by atoms with Crippen LogP contribution in [0.25, 0.3) is 10.9 Å². The number of halogens is 3. The zero-order valence-corrected chi connectivity index (χ0v) is 12.1. The van der Waals surface area contributed by atoms with E-state index in [0.29, 0.717) is 5.69 Å². The van der Waals surface area contributed by atoms with Gasteiger partial charge in [0, 0.05) is 17.3 Å². The molecule has 1 aromatic heterocycles. The smallest absolute Gasteiger partial charge is 0.418 e. The fraction of sp³-hybridized carbons (Fsp3) is 0.0588. The van der Waals surface area contributed by atoms with Crippen molar-refractivity contribution in [2.24, 2.45) is 0 Å². The number of hydrogen-bond acceptors (Lipinski definition) is 3. The Morgan fingerprint density at radius 3 is 2.46 bits per heavy atom. The Balaban J connectivity index is 2.14. The number of carboxylic acid groups (broad SMARTS) is 1. The normalized spacial score (nSPS) is 11.5. The molecule has 122 valence electrons.